The second-order valence-corrected chi connectivity index (χ2v) is 7.36. The minimum absolute atomic E-state index is 0.132. The smallest absolute Gasteiger partial charge is 0.286 e. The molecule has 5 rings (SSSR count). The average Bonchev–Trinajstić information content (AvgIpc) is 3.28. The van der Waals surface area contributed by atoms with Gasteiger partial charge in [-0.15, -0.1) is 0 Å². The van der Waals surface area contributed by atoms with E-state index in [1.165, 1.54) is 0 Å². The summed E-state index contributed by atoms with van der Waals surface area (Å²) in [5.74, 6) is 1.70. The van der Waals surface area contributed by atoms with Crippen LogP contribution in [0.1, 0.15) is 17.3 Å². The fourth-order valence-corrected chi connectivity index (χ4v) is 3.84. The molecule has 1 aliphatic rings. The number of nitrogens with zero attached hydrogens (tertiary/aromatic N) is 4. The maximum atomic E-state index is 13.3. The Morgan fingerprint density at radius 2 is 1.96 bits per heavy atom. The van der Waals surface area contributed by atoms with E-state index in [1.807, 2.05) is 37.4 Å². The molecule has 6 nitrogen and oxygen atoms in total. The first-order valence-electron chi connectivity index (χ1n) is 9.02. The third-order valence-corrected chi connectivity index (χ3v) is 5.37. The summed E-state index contributed by atoms with van der Waals surface area (Å²) in [5.41, 5.74) is 2.61. The van der Waals surface area contributed by atoms with Crippen LogP contribution >= 0.6 is 11.6 Å². The first-order chi connectivity index (χ1) is 13.6. The number of halogens is 1. The minimum Gasteiger partial charge on any atom is -0.493 e. The van der Waals surface area contributed by atoms with Crippen LogP contribution in [0.2, 0.25) is 5.02 Å². The topological polar surface area (TPSA) is 61.9 Å². The largest absolute Gasteiger partial charge is 0.493 e. The van der Waals surface area contributed by atoms with E-state index in [0.29, 0.717) is 35.0 Å². The van der Waals surface area contributed by atoms with Gasteiger partial charge in [-0.2, -0.15) is 0 Å². The van der Waals surface area contributed by atoms with Crippen LogP contribution in [0.15, 0.2) is 59.7 Å². The molecule has 0 fully saturated rings. The van der Waals surface area contributed by atoms with Gasteiger partial charge in [0.2, 0.25) is 0 Å². The van der Waals surface area contributed by atoms with E-state index in [2.05, 4.69) is 11.1 Å². The molecule has 1 aliphatic heterocycles. The van der Waals surface area contributed by atoms with Crippen molar-refractivity contribution in [1.29, 1.82) is 0 Å². The van der Waals surface area contributed by atoms with E-state index in [4.69, 9.17) is 21.3 Å². The van der Waals surface area contributed by atoms with Gasteiger partial charge in [0.15, 0.2) is 11.2 Å². The number of benzene rings is 2. The van der Waals surface area contributed by atoms with Gasteiger partial charge >= 0.3 is 0 Å². The molecule has 0 amide bonds. The van der Waals surface area contributed by atoms with Crippen LogP contribution in [-0.4, -0.2) is 25.7 Å². The number of rotatable bonds is 3. The SMILES string of the molecule is Cn1cnc2c(=O)n(-c3ccc(Cl)cc3)c(CC3COc4ccccc43)nc21. The molecule has 0 saturated heterocycles. The zero-order valence-electron chi connectivity index (χ0n) is 15.2. The molecule has 2 aromatic carbocycles. The molecule has 28 heavy (non-hydrogen) atoms. The van der Waals surface area contributed by atoms with Crippen LogP contribution in [0.3, 0.4) is 0 Å². The number of aryl methyl sites for hydroxylation is 1. The number of hydrogen-bond donors (Lipinski definition) is 0. The summed E-state index contributed by atoms with van der Waals surface area (Å²) in [4.78, 5) is 22.3. The van der Waals surface area contributed by atoms with Crippen molar-refractivity contribution in [3.05, 3.63) is 81.6 Å². The summed E-state index contributed by atoms with van der Waals surface area (Å²) < 4.78 is 9.22. The van der Waals surface area contributed by atoms with Crippen LogP contribution in [0, 0.1) is 0 Å². The van der Waals surface area contributed by atoms with Gasteiger partial charge in [0.05, 0.1) is 18.6 Å². The van der Waals surface area contributed by atoms with E-state index >= 15 is 0 Å². The normalized spacial score (nSPS) is 15.6. The zero-order chi connectivity index (χ0) is 19.3. The molecular formula is C21H17ClN4O2. The van der Waals surface area contributed by atoms with Crippen molar-refractivity contribution < 1.29 is 4.74 Å². The first-order valence-corrected chi connectivity index (χ1v) is 9.40. The van der Waals surface area contributed by atoms with Gasteiger partial charge in [0.25, 0.3) is 5.56 Å². The second kappa shape index (κ2) is 6.49. The van der Waals surface area contributed by atoms with E-state index in [0.717, 1.165) is 17.0 Å². The van der Waals surface area contributed by atoms with Gasteiger partial charge < -0.3 is 9.30 Å². The molecule has 1 unspecified atom stereocenters. The van der Waals surface area contributed by atoms with E-state index in [9.17, 15) is 4.79 Å². The molecular weight excluding hydrogens is 376 g/mol. The van der Waals surface area contributed by atoms with Crippen molar-refractivity contribution in [2.45, 2.75) is 12.3 Å². The fraction of sp³-hybridized carbons (Fsp3) is 0.190. The maximum absolute atomic E-state index is 13.3. The third kappa shape index (κ3) is 2.68. The van der Waals surface area contributed by atoms with Crippen molar-refractivity contribution >= 4 is 22.8 Å². The van der Waals surface area contributed by atoms with Crippen molar-refractivity contribution in [2.24, 2.45) is 7.05 Å². The lowest BCUT2D eigenvalue weighted by Crippen LogP contribution is -2.25. The minimum atomic E-state index is -0.185. The van der Waals surface area contributed by atoms with Crippen molar-refractivity contribution in [2.75, 3.05) is 6.61 Å². The quantitative estimate of drug-likeness (QED) is 0.535. The highest BCUT2D eigenvalue weighted by Crippen LogP contribution is 2.35. The molecule has 0 N–H and O–H groups in total. The molecule has 3 heterocycles. The van der Waals surface area contributed by atoms with Crippen LogP contribution in [0.25, 0.3) is 16.9 Å². The Balaban J connectivity index is 1.69. The van der Waals surface area contributed by atoms with Gasteiger partial charge in [0, 0.05) is 30.0 Å². The Labute approximate surface area is 166 Å². The van der Waals surface area contributed by atoms with Crippen LogP contribution in [-0.2, 0) is 13.5 Å². The standard InChI is InChI=1S/C21H17ClN4O2/c1-25-12-23-19-20(25)24-18(10-13-11-28-17-5-3-2-4-16(13)17)26(21(19)27)15-8-6-14(22)7-9-15/h2-9,12-13H,10-11H2,1H3. The molecule has 4 aromatic rings. The Kier molecular flexibility index (Phi) is 3.94. The predicted molar refractivity (Wildman–Crippen MR) is 107 cm³/mol. The summed E-state index contributed by atoms with van der Waals surface area (Å²) in [6.07, 6.45) is 2.19. The number of para-hydroxylation sites is 1. The van der Waals surface area contributed by atoms with Gasteiger partial charge in [-0.25, -0.2) is 9.97 Å². The number of aromatic nitrogens is 4. The van der Waals surface area contributed by atoms with Crippen LogP contribution < -0.4 is 10.3 Å². The van der Waals surface area contributed by atoms with Crippen molar-refractivity contribution in [3.63, 3.8) is 0 Å². The lowest BCUT2D eigenvalue weighted by molar-refractivity contribution is 0.328. The summed E-state index contributed by atoms with van der Waals surface area (Å²) in [6, 6.07) is 15.2. The number of hydrogen-bond acceptors (Lipinski definition) is 4. The lowest BCUT2D eigenvalue weighted by Gasteiger charge is -2.15. The second-order valence-electron chi connectivity index (χ2n) is 6.92. The lowest BCUT2D eigenvalue weighted by atomic mass is 9.97. The Morgan fingerprint density at radius 1 is 1.18 bits per heavy atom. The van der Waals surface area contributed by atoms with E-state index in [1.54, 1.807) is 27.6 Å². The highest BCUT2D eigenvalue weighted by atomic mass is 35.5. The molecule has 0 saturated carbocycles. The first kappa shape index (κ1) is 17.0. The molecule has 0 bridgehead atoms. The van der Waals surface area contributed by atoms with Crippen LogP contribution in [0.5, 0.6) is 5.75 Å². The van der Waals surface area contributed by atoms with Gasteiger partial charge in [-0.3, -0.25) is 9.36 Å². The molecule has 2 aromatic heterocycles. The van der Waals surface area contributed by atoms with Crippen molar-refractivity contribution in [3.8, 4) is 11.4 Å². The zero-order valence-corrected chi connectivity index (χ0v) is 15.9. The Morgan fingerprint density at radius 3 is 2.79 bits per heavy atom. The van der Waals surface area contributed by atoms with Crippen molar-refractivity contribution in [1.82, 2.24) is 19.1 Å². The van der Waals surface area contributed by atoms with Gasteiger partial charge in [0.1, 0.15) is 11.6 Å². The molecule has 0 aliphatic carbocycles. The highest BCUT2D eigenvalue weighted by Gasteiger charge is 2.27. The molecule has 7 heteroatoms. The summed E-state index contributed by atoms with van der Waals surface area (Å²) in [5, 5.41) is 0.614. The van der Waals surface area contributed by atoms with Crippen LogP contribution in [0.4, 0.5) is 0 Å². The fourth-order valence-electron chi connectivity index (χ4n) is 3.71. The summed E-state index contributed by atoms with van der Waals surface area (Å²) in [6.45, 7) is 0.569. The monoisotopic (exact) mass is 392 g/mol. The highest BCUT2D eigenvalue weighted by molar-refractivity contribution is 6.30. The summed E-state index contributed by atoms with van der Waals surface area (Å²) >= 11 is 6.04. The number of fused-ring (bicyclic) bond motifs is 2. The van der Waals surface area contributed by atoms with Gasteiger partial charge in [-0.1, -0.05) is 29.8 Å². The number of ether oxygens (including phenoxy) is 1. The van der Waals surface area contributed by atoms with E-state index < -0.39 is 0 Å². The molecule has 140 valence electrons. The predicted octanol–water partition coefficient (Wildman–Crippen LogP) is 3.49. The number of imidazole rings is 1. The Hall–Kier alpha value is -3.12. The molecule has 1 atom stereocenters. The maximum Gasteiger partial charge on any atom is 0.286 e. The average molecular weight is 393 g/mol. The van der Waals surface area contributed by atoms with E-state index in [-0.39, 0.29) is 11.5 Å². The van der Waals surface area contributed by atoms with Gasteiger partial charge in [-0.05, 0) is 30.3 Å². The third-order valence-electron chi connectivity index (χ3n) is 5.12. The summed E-state index contributed by atoms with van der Waals surface area (Å²) in [7, 11) is 1.84. The molecule has 0 spiro atoms. The molecule has 0 radical (unpaired) electrons. The Bertz CT molecular complexity index is 1240.